The molecule has 2 N–H and O–H groups in total. The van der Waals surface area contributed by atoms with Crippen LogP contribution < -0.4 is 10.2 Å². The molecule has 212 valence electrons. The topological polar surface area (TPSA) is 95.2 Å². The quantitative estimate of drug-likeness (QED) is 0.182. The van der Waals surface area contributed by atoms with Crippen molar-refractivity contribution in [2.45, 2.75) is 19.6 Å². The molecular weight excluding hydrogens is 540 g/mol. The Bertz CT molecular complexity index is 1570. The summed E-state index contributed by atoms with van der Waals surface area (Å²) in [6, 6.07) is 15.0. The number of benzene rings is 3. The molecule has 0 bridgehead atoms. The number of hydrogen-bond acceptors (Lipinski definition) is 8. The summed E-state index contributed by atoms with van der Waals surface area (Å²) in [5, 5.41) is 20.9. The minimum absolute atomic E-state index is 0.0296. The molecule has 2 heterocycles. The molecule has 1 saturated heterocycles. The van der Waals surface area contributed by atoms with E-state index in [-0.39, 0.29) is 40.9 Å². The van der Waals surface area contributed by atoms with Crippen molar-refractivity contribution in [3.05, 3.63) is 89.4 Å². The van der Waals surface area contributed by atoms with Gasteiger partial charge in [-0.2, -0.15) is 23.3 Å². The first-order chi connectivity index (χ1) is 19.7. The van der Waals surface area contributed by atoms with Crippen LogP contribution >= 0.6 is 0 Å². The summed E-state index contributed by atoms with van der Waals surface area (Å²) in [7, 11) is 0. The molecule has 0 aliphatic carbocycles. The van der Waals surface area contributed by atoms with Crippen LogP contribution in [0.5, 0.6) is 5.75 Å². The second kappa shape index (κ2) is 11.9. The molecule has 1 fully saturated rings. The Labute approximate surface area is 233 Å². The number of aryl methyl sites for hydroxylation is 1. The maximum Gasteiger partial charge on any atom is 0.417 e. The summed E-state index contributed by atoms with van der Waals surface area (Å²) in [5.74, 6) is -0.456. The molecule has 0 spiro atoms. The van der Waals surface area contributed by atoms with Gasteiger partial charge in [0.25, 0.3) is 5.95 Å². The van der Waals surface area contributed by atoms with E-state index in [0.717, 1.165) is 23.4 Å². The third kappa shape index (κ3) is 6.77. The van der Waals surface area contributed by atoms with Gasteiger partial charge in [-0.3, -0.25) is 0 Å². The first-order valence-electron chi connectivity index (χ1n) is 12.8. The number of halogens is 4. The van der Waals surface area contributed by atoms with Gasteiger partial charge in [0.05, 0.1) is 31.5 Å². The maximum absolute atomic E-state index is 14.2. The molecule has 0 radical (unpaired) electrons. The molecule has 5 rings (SSSR count). The monoisotopic (exact) mass is 566 g/mol. The predicted molar refractivity (Wildman–Crippen MR) is 146 cm³/mol. The van der Waals surface area contributed by atoms with Crippen molar-refractivity contribution in [3.63, 3.8) is 0 Å². The number of anilines is 3. The Balaban J connectivity index is 1.29. The van der Waals surface area contributed by atoms with E-state index in [0.29, 0.717) is 32.0 Å². The van der Waals surface area contributed by atoms with E-state index in [9.17, 15) is 22.7 Å². The van der Waals surface area contributed by atoms with Crippen molar-refractivity contribution in [2.24, 2.45) is 10.2 Å². The smallest absolute Gasteiger partial charge is 0.417 e. The van der Waals surface area contributed by atoms with Gasteiger partial charge in [0.15, 0.2) is 11.6 Å². The fraction of sp³-hybridized carbons (Fsp3) is 0.241. The van der Waals surface area contributed by atoms with Crippen molar-refractivity contribution in [3.8, 4) is 16.9 Å². The highest BCUT2D eigenvalue weighted by atomic mass is 19.4. The SMILES string of the molecule is Cc1cc(Nc2ccc(-c3cccc(O)c3)c(C(F)(F)F)c2)ccc1CN=Nc1ncc(F)c(N2CCOCC2)n1. The largest absolute Gasteiger partial charge is 0.508 e. The average Bonchev–Trinajstić information content (AvgIpc) is 2.95. The summed E-state index contributed by atoms with van der Waals surface area (Å²) in [4.78, 5) is 9.85. The molecule has 0 unspecified atom stereocenters. The molecule has 0 atom stereocenters. The zero-order valence-electron chi connectivity index (χ0n) is 22.0. The zero-order chi connectivity index (χ0) is 29.0. The number of morpholine rings is 1. The second-order valence-electron chi connectivity index (χ2n) is 9.42. The van der Waals surface area contributed by atoms with Gasteiger partial charge in [0.1, 0.15) is 5.75 Å². The molecule has 4 aromatic rings. The number of hydrogen-bond donors (Lipinski definition) is 2. The summed E-state index contributed by atoms with van der Waals surface area (Å²) < 4.78 is 61.2. The van der Waals surface area contributed by atoms with E-state index in [1.807, 2.05) is 6.92 Å². The van der Waals surface area contributed by atoms with Crippen LogP contribution in [0.3, 0.4) is 0 Å². The highest BCUT2D eigenvalue weighted by molar-refractivity contribution is 5.73. The number of azo groups is 1. The van der Waals surface area contributed by atoms with Gasteiger partial charge in [-0.15, -0.1) is 5.11 Å². The van der Waals surface area contributed by atoms with Gasteiger partial charge in [-0.25, -0.2) is 9.37 Å². The summed E-state index contributed by atoms with van der Waals surface area (Å²) >= 11 is 0. The van der Waals surface area contributed by atoms with Crippen molar-refractivity contribution in [1.82, 2.24) is 9.97 Å². The Morgan fingerprint density at radius 2 is 1.78 bits per heavy atom. The molecule has 1 aliphatic heterocycles. The van der Waals surface area contributed by atoms with Crippen LogP contribution in [0.2, 0.25) is 0 Å². The highest BCUT2D eigenvalue weighted by Gasteiger charge is 2.34. The average molecular weight is 567 g/mol. The zero-order valence-corrected chi connectivity index (χ0v) is 22.0. The highest BCUT2D eigenvalue weighted by Crippen LogP contribution is 2.40. The van der Waals surface area contributed by atoms with Gasteiger partial charge in [0, 0.05) is 24.5 Å². The number of alkyl halides is 3. The van der Waals surface area contributed by atoms with Gasteiger partial charge in [-0.05, 0) is 65.6 Å². The van der Waals surface area contributed by atoms with E-state index in [1.54, 1.807) is 29.2 Å². The van der Waals surface area contributed by atoms with Crippen molar-refractivity contribution < 1.29 is 27.4 Å². The van der Waals surface area contributed by atoms with Crippen molar-refractivity contribution >= 4 is 23.1 Å². The molecule has 0 saturated carbocycles. The Morgan fingerprint density at radius 3 is 2.51 bits per heavy atom. The molecule has 41 heavy (non-hydrogen) atoms. The fourth-order valence-corrected chi connectivity index (χ4v) is 4.47. The lowest BCUT2D eigenvalue weighted by Crippen LogP contribution is -2.37. The van der Waals surface area contributed by atoms with Gasteiger partial charge >= 0.3 is 6.18 Å². The molecule has 8 nitrogen and oxygen atoms in total. The summed E-state index contributed by atoms with van der Waals surface area (Å²) in [5.41, 5.74) is 1.96. The first-order valence-corrected chi connectivity index (χ1v) is 12.8. The van der Waals surface area contributed by atoms with E-state index in [4.69, 9.17) is 4.74 Å². The van der Waals surface area contributed by atoms with Gasteiger partial charge in [0.2, 0.25) is 0 Å². The summed E-state index contributed by atoms with van der Waals surface area (Å²) in [6.45, 7) is 4.06. The van der Waals surface area contributed by atoms with Crippen LogP contribution in [-0.4, -0.2) is 41.4 Å². The number of nitrogens with zero attached hydrogens (tertiary/aromatic N) is 5. The molecule has 1 aliphatic rings. The Morgan fingerprint density at radius 1 is 1.02 bits per heavy atom. The van der Waals surface area contributed by atoms with E-state index >= 15 is 0 Å². The van der Waals surface area contributed by atoms with Gasteiger partial charge < -0.3 is 20.1 Å². The van der Waals surface area contributed by atoms with E-state index in [1.165, 1.54) is 30.3 Å². The lowest BCUT2D eigenvalue weighted by Gasteiger charge is -2.27. The molecular formula is C29H26F4N6O2. The first kappa shape index (κ1) is 28.0. The Kier molecular flexibility index (Phi) is 8.11. The van der Waals surface area contributed by atoms with Crippen LogP contribution in [0.1, 0.15) is 16.7 Å². The van der Waals surface area contributed by atoms with E-state index < -0.39 is 17.6 Å². The van der Waals surface area contributed by atoms with Crippen LogP contribution in [0.4, 0.5) is 40.7 Å². The second-order valence-corrected chi connectivity index (χ2v) is 9.42. The standard InChI is InChI=1S/C29H26F4N6O2/c1-18-13-21(36-22-7-8-24(25(15-22)29(31,32)33)19-3-2-4-23(40)14-19)6-5-20(18)16-35-38-28-34-17-26(30)27(37-28)39-9-11-41-12-10-39/h2-8,13-15,17,36,40H,9-12,16H2,1H3. The maximum atomic E-state index is 14.2. The van der Waals surface area contributed by atoms with Crippen LogP contribution in [0, 0.1) is 12.7 Å². The lowest BCUT2D eigenvalue weighted by atomic mass is 9.98. The number of phenolic OH excluding ortho intramolecular Hbond substituents is 1. The molecule has 0 amide bonds. The lowest BCUT2D eigenvalue weighted by molar-refractivity contribution is -0.137. The van der Waals surface area contributed by atoms with Gasteiger partial charge in [-0.1, -0.05) is 24.3 Å². The van der Waals surface area contributed by atoms with Crippen molar-refractivity contribution in [2.75, 3.05) is 36.5 Å². The van der Waals surface area contributed by atoms with Crippen LogP contribution in [-0.2, 0) is 17.5 Å². The van der Waals surface area contributed by atoms with Crippen LogP contribution in [0.25, 0.3) is 11.1 Å². The van der Waals surface area contributed by atoms with Crippen molar-refractivity contribution in [1.29, 1.82) is 0 Å². The molecule has 3 aromatic carbocycles. The predicted octanol–water partition coefficient (Wildman–Crippen LogP) is 7.18. The minimum atomic E-state index is -4.60. The number of nitrogens with one attached hydrogen (secondary N) is 1. The number of aromatic hydroxyl groups is 1. The number of rotatable bonds is 7. The normalized spacial score (nSPS) is 14.0. The Hall–Kier alpha value is -4.58. The number of aromatic nitrogens is 2. The number of ether oxygens (including phenoxy) is 1. The molecule has 1 aromatic heterocycles. The third-order valence-electron chi connectivity index (χ3n) is 6.54. The van der Waals surface area contributed by atoms with E-state index in [2.05, 4.69) is 25.5 Å². The third-order valence-corrected chi connectivity index (χ3v) is 6.54. The fourth-order valence-electron chi connectivity index (χ4n) is 4.47. The van der Waals surface area contributed by atoms with Crippen LogP contribution in [0.15, 0.2) is 77.1 Å². The number of phenols is 1. The summed E-state index contributed by atoms with van der Waals surface area (Å²) in [6.07, 6.45) is -3.53. The molecule has 12 heteroatoms. The minimum Gasteiger partial charge on any atom is -0.508 e.